The molecule has 2 N–H and O–H groups in total. The quantitative estimate of drug-likeness (QED) is 0.502. The van der Waals surface area contributed by atoms with Crippen molar-refractivity contribution in [3.8, 4) is 11.5 Å². The van der Waals surface area contributed by atoms with Gasteiger partial charge >= 0.3 is 5.97 Å². The molecule has 0 radical (unpaired) electrons. The highest BCUT2D eigenvalue weighted by molar-refractivity contribution is 5.95. The SMILES string of the molecule is COc1ccc(N)c(C(=O)OCCOc2ccccc2)c1. The first-order valence-corrected chi connectivity index (χ1v) is 6.49. The van der Waals surface area contributed by atoms with Gasteiger partial charge in [0.2, 0.25) is 0 Å². The second kappa shape index (κ2) is 7.19. The van der Waals surface area contributed by atoms with Gasteiger partial charge in [-0.1, -0.05) is 18.2 Å². The maximum atomic E-state index is 11.9. The summed E-state index contributed by atoms with van der Waals surface area (Å²) in [5.41, 5.74) is 6.39. The van der Waals surface area contributed by atoms with Crippen molar-refractivity contribution in [2.75, 3.05) is 26.1 Å². The lowest BCUT2D eigenvalue weighted by atomic mass is 10.2. The van der Waals surface area contributed by atoms with Crippen LogP contribution in [0, 0.1) is 0 Å². The molecule has 0 spiro atoms. The summed E-state index contributed by atoms with van der Waals surface area (Å²) < 4.78 is 15.6. The van der Waals surface area contributed by atoms with E-state index in [0.29, 0.717) is 11.4 Å². The Labute approximate surface area is 123 Å². The Kier molecular flexibility index (Phi) is 5.04. The van der Waals surface area contributed by atoms with Crippen molar-refractivity contribution in [1.29, 1.82) is 0 Å². The van der Waals surface area contributed by atoms with E-state index >= 15 is 0 Å². The maximum absolute atomic E-state index is 11.9. The third-order valence-electron chi connectivity index (χ3n) is 2.81. The molecule has 0 saturated heterocycles. The predicted octanol–water partition coefficient (Wildman–Crippen LogP) is 2.51. The highest BCUT2D eigenvalue weighted by Gasteiger charge is 2.12. The fourth-order valence-electron chi connectivity index (χ4n) is 1.73. The van der Waals surface area contributed by atoms with Crippen LogP contribution in [0.25, 0.3) is 0 Å². The van der Waals surface area contributed by atoms with Crippen molar-refractivity contribution in [3.05, 3.63) is 54.1 Å². The number of para-hydroxylation sites is 1. The Bertz CT molecular complexity index is 598. The molecule has 2 aromatic carbocycles. The first-order valence-electron chi connectivity index (χ1n) is 6.49. The number of rotatable bonds is 6. The first-order chi connectivity index (χ1) is 10.2. The second-order valence-corrected chi connectivity index (χ2v) is 4.25. The monoisotopic (exact) mass is 287 g/mol. The summed E-state index contributed by atoms with van der Waals surface area (Å²) in [6, 6.07) is 14.2. The Morgan fingerprint density at radius 2 is 1.81 bits per heavy atom. The minimum Gasteiger partial charge on any atom is -0.497 e. The number of benzene rings is 2. The molecule has 0 aliphatic rings. The van der Waals surface area contributed by atoms with Gasteiger partial charge in [0.1, 0.15) is 24.7 Å². The van der Waals surface area contributed by atoms with Gasteiger partial charge in [-0.2, -0.15) is 0 Å². The smallest absolute Gasteiger partial charge is 0.340 e. The Morgan fingerprint density at radius 1 is 1.05 bits per heavy atom. The van der Waals surface area contributed by atoms with Crippen LogP contribution in [0.3, 0.4) is 0 Å². The van der Waals surface area contributed by atoms with Gasteiger partial charge < -0.3 is 19.9 Å². The van der Waals surface area contributed by atoms with E-state index in [-0.39, 0.29) is 18.8 Å². The standard InChI is InChI=1S/C16H17NO4/c1-19-13-7-8-15(17)14(11-13)16(18)21-10-9-20-12-5-3-2-4-6-12/h2-8,11H,9-10,17H2,1H3. The molecule has 0 bridgehead atoms. The molecule has 21 heavy (non-hydrogen) atoms. The van der Waals surface area contributed by atoms with Crippen molar-refractivity contribution >= 4 is 11.7 Å². The number of hydrogen-bond acceptors (Lipinski definition) is 5. The first kappa shape index (κ1) is 14.7. The Balaban J connectivity index is 1.84. The van der Waals surface area contributed by atoms with E-state index in [2.05, 4.69) is 0 Å². The van der Waals surface area contributed by atoms with Crippen LogP contribution in [0.4, 0.5) is 5.69 Å². The van der Waals surface area contributed by atoms with Gasteiger partial charge in [0.25, 0.3) is 0 Å². The van der Waals surface area contributed by atoms with Gasteiger partial charge in [-0.15, -0.1) is 0 Å². The number of nitrogens with two attached hydrogens (primary N) is 1. The van der Waals surface area contributed by atoms with Gasteiger partial charge in [0, 0.05) is 5.69 Å². The van der Waals surface area contributed by atoms with E-state index in [0.717, 1.165) is 5.75 Å². The van der Waals surface area contributed by atoms with Crippen LogP contribution in [0.15, 0.2) is 48.5 Å². The van der Waals surface area contributed by atoms with Crippen LogP contribution in [0.5, 0.6) is 11.5 Å². The van der Waals surface area contributed by atoms with E-state index in [1.54, 1.807) is 18.2 Å². The van der Waals surface area contributed by atoms with Gasteiger partial charge in [-0.05, 0) is 30.3 Å². The summed E-state index contributed by atoms with van der Waals surface area (Å²) in [5, 5.41) is 0. The molecular formula is C16H17NO4. The fraction of sp³-hybridized carbons (Fsp3) is 0.188. The molecule has 110 valence electrons. The average molecular weight is 287 g/mol. The topological polar surface area (TPSA) is 70.8 Å². The van der Waals surface area contributed by atoms with E-state index in [1.165, 1.54) is 7.11 Å². The molecule has 0 atom stereocenters. The number of nitrogen functional groups attached to an aromatic ring is 1. The molecule has 0 aromatic heterocycles. The van der Waals surface area contributed by atoms with Crippen LogP contribution >= 0.6 is 0 Å². The molecule has 0 heterocycles. The van der Waals surface area contributed by atoms with Gasteiger partial charge in [-0.25, -0.2) is 4.79 Å². The van der Waals surface area contributed by atoms with Crippen molar-refractivity contribution in [2.24, 2.45) is 0 Å². The number of hydrogen-bond donors (Lipinski definition) is 1. The second-order valence-electron chi connectivity index (χ2n) is 4.25. The Morgan fingerprint density at radius 3 is 2.52 bits per heavy atom. The molecule has 2 rings (SSSR count). The zero-order valence-electron chi connectivity index (χ0n) is 11.7. The molecule has 0 saturated carbocycles. The molecular weight excluding hydrogens is 270 g/mol. The molecule has 0 unspecified atom stereocenters. The van der Waals surface area contributed by atoms with E-state index < -0.39 is 5.97 Å². The average Bonchev–Trinajstić information content (AvgIpc) is 2.53. The van der Waals surface area contributed by atoms with Crippen LogP contribution in [-0.4, -0.2) is 26.3 Å². The summed E-state index contributed by atoms with van der Waals surface area (Å²) in [6.45, 7) is 0.421. The summed E-state index contributed by atoms with van der Waals surface area (Å²) in [6.07, 6.45) is 0. The number of carbonyl (C=O) groups is 1. The van der Waals surface area contributed by atoms with Gasteiger partial charge in [0.15, 0.2) is 0 Å². The summed E-state index contributed by atoms with van der Waals surface area (Å²) in [4.78, 5) is 11.9. The number of anilines is 1. The highest BCUT2D eigenvalue weighted by atomic mass is 16.6. The van der Waals surface area contributed by atoms with Gasteiger partial charge in [-0.3, -0.25) is 0 Å². The number of esters is 1. The predicted molar refractivity (Wildman–Crippen MR) is 79.6 cm³/mol. The van der Waals surface area contributed by atoms with Crippen molar-refractivity contribution in [3.63, 3.8) is 0 Å². The zero-order chi connectivity index (χ0) is 15.1. The van der Waals surface area contributed by atoms with Crippen LogP contribution < -0.4 is 15.2 Å². The third-order valence-corrected chi connectivity index (χ3v) is 2.81. The van der Waals surface area contributed by atoms with E-state index in [4.69, 9.17) is 19.9 Å². The third kappa shape index (κ3) is 4.14. The normalized spacial score (nSPS) is 9.95. The van der Waals surface area contributed by atoms with E-state index in [9.17, 15) is 4.79 Å². The molecule has 5 heteroatoms. The lowest BCUT2D eigenvalue weighted by Gasteiger charge is -2.09. The Hall–Kier alpha value is -2.69. The minimum atomic E-state index is -0.497. The highest BCUT2D eigenvalue weighted by Crippen LogP contribution is 2.20. The van der Waals surface area contributed by atoms with Crippen molar-refractivity contribution in [2.45, 2.75) is 0 Å². The zero-order valence-corrected chi connectivity index (χ0v) is 11.7. The van der Waals surface area contributed by atoms with Crippen molar-refractivity contribution in [1.82, 2.24) is 0 Å². The fourth-order valence-corrected chi connectivity index (χ4v) is 1.73. The molecule has 5 nitrogen and oxygen atoms in total. The van der Waals surface area contributed by atoms with Crippen molar-refractivity contribution < 1.29 is 19.0 Å². The van der Waals surface area contributed by atoms with E-state index in [1.807, 2.05) is 30.3 Å². The lowest BCUT2D eigenvalue weighted by molar-refractivity contribution is 0.0451. The number of methoxy groups -OCH3 is 1. The van der Waals surface area contributed by atoms with Gasteiger partial charge in [0.05, 0.1) is 12.7 Å². The summed E-state index contributed by atoms with van der Waals surface area (Å²) in [5.74, 6) is 0.786. The number of carbonyl (C=O) groups excluding carboxylic acids is 1. The number of ether oxygens (including phenoxy) is 3. The summed E-state index contributed by atoms with van der Waals surface area (Å²) >= 11 is 0. The lowest BCUT2D eigenvalue weighted by Crippen LogP contribution is -2.13. The molecule has 2 aromatic rings. The minimum absolute atomic E-state index is 0.143. The van der Waals surface area contributed by atoms with Crippen LogP contribution in [-0.2, 0) is 4.74 Å². The van der Waals surface area contributed by atoms with Crippen LogP contribution in [0.1, 0.15) is 10.4 Å². The maximum Gasteiger partial charge on any atom is 0.340 e. The largest absolute Gasteiger partial charge is 0.497 e. The molecule has 0 aliphatic carbocycles. The van der Waals surface area contributed by atoms with Crippen LogP contribution in [0.2, 0.25) is 0 Å². The molecule has 0 fully saturated rings. The molecule has 0 amide bonds. The summed E-state index contributed by atoms with van der Waals surface area (Å²) in [7, 11) is 1.52. The molecule has 0 aliphatic heterocycles.